The largest absolute Gasteiger partial charge is 0.481 e. The third-order valence-electron chi connectivity index (χ3n) is 5.79. The van der Waals surface area contributed by atoms with E-state index in [9.17, 15) is 9.59 Å². The number of rotatable bonds is 9. The summed E-state index contributed by atoms with van der Waals surface area (Å²) >= 11 is 0. The summed E-state index contributed by atoms with van der Waals surface area (Å²) in [5.41, 5.74) is 6.03. The number of aryl methyl sites for hydroxylation is 1. The number of carboxylic acids is 1. The van der Waals surface area contributed by atoms with Crippen LogP contribution in [-0.4, -0.2) is 28.3 Å². The van der Waals surface area contributed by atoms with Crippen molar-refractivity contribution in [2.75, 3.05) is 0 Å². The zero-order valence-electron chi connectivity index (χ0n) is 19.7. The van der Waals surface area contributed by atoms with Crippen LogP contribution in [0.25, 0.3) is 22.5 Å². The molecule has 0 amide bonds. The van der Waals surface area contributed by atoms with Gasteiger partial charge in [-0.1, -0.05) is 84.0 Å². The van der Waals surface area contributed by atoms with Gasteiger partial charge in [0.05, 0.1) is 18.5 Å². The van der Waals surface area contributed by atoms with Gasteiger partial charge in [-0.2, -0.15) is 0 Å². The van der Waals surface area contributed by atoms with Gasteiger partial charge in [0.2, 0.25) is 0 Å². The first-order chi connectivity index (χ1) is 16.9. The van der Waals surface area contributed by atoms with Crippen LogP contribution in [0.1, 0.15) is 29.3 Å². The van der Waals surface area contributed by atoms with Gasteiger partial charge < -0.3 is 14.4 Å². The molecule has 35 heavy (non-hydrogen) atoms. The van der Waals surface area contributed by atoms with Gasteiger partial charge in [0.1, 0.15) is 6.10 Å². The van der Waals surface area contributed by atoms with Crippen molar-refractivity contribution in [3.63, 3.8) is 0 Å². The van der Waals surface area contributed by atoms with Crippen LogP contribution in [0.5, 0.6) is 0 Å². The van der Waals surface area contributed by atoms with E-state index >= 15 is 0 Å². The SMILES string of the molecule is Cc1noc(-c2ccc(-c3ccc(CC(=O)O)cc3)cc2)c1CC(=O)OC(C)Cc1ccccc1. The van der Waals surface area contributed by atoms with Crippen molar-refractivity contribution in [3.8, 4) is 22.5 Å². The van der Waals surface area contributed by atoms with Crippen LogP contribution >= 0.6 is 0 Å². The highest BCUT2D eigenvalue weighted by Crippen LogP contribution is 2.29. The van der Waals surface area contributed by atoms with Crippen molar-refractivity contribution < 1.29 is 24.0 Å². The zero-order chi connectivity index (χ0) is 24.8. The Balaban J connectivity index is 1.44. The van der Waals surface area contributed by atoms with E-state index in [0.29, 0.717) is 23.4 Å². The number of carboxylic acid groups (broad SMARTS) is 1. The fraction of sp³-hybridized carbons (Fsp3) is 0.207. The predicted octanol–water partition coefficient (Wildman–Crippen LogP) is 5.66. The number of aliphatic carboxylic acids is 1. The molecular weight excluding hydrogens is 442 g/mol. The van der Waals surface area contributed by atoms with Gasteiger partial charge >= 0.3 is 11.9 Å². The smallest absolute Gasteiger partial charge is 0.310 e. The number of benzene rings is 3. The Labute approximate surface area is 204 Å². The molecule has 178 valence electrons. The number of ether oxygens (including phenoxy) is 1. The highest BCUT2D eigenvalue weighted by atomic mass is 16.5. The third kappa shape index (κ3) is 6.23. The lowest BCUT2D eigenvalue weighted by atomic mass is 9.99. The Morgan fingerprint density at radius 3 is 2.09 bits per heavy atom. The summed E-state index contributed by atoms with van der Waals surface area (Å²) in [6.07, 6.45) is 0.493. The fourth-order valence-corrected chi connectivity index (χ4v) is 4.03. The molecule has 1 atom stereocenters. The second-order valence-electron chi connectivity index (χ2n) is 8.59. The normalized spacial score (nSPS) is 11.7. The van der Waals surface area contributed by atoms with Crippen LogP contribution in [0.15, 0.2) is 83.4 Å². The first-order valence-electron chi connectivity index (χ1n) is 11.5. The van der Waals surface area contributed by atoms with Gasteiger partial charge in [-0.3, -0.25) is 9.59 Å². The molecule has 4 rings (SSSR count). The molecule has 0 aliphatic heterocycles. The standard InChI is InChI=1S/C29H27NO5/c1-19(16-21-6-4-3-5-7-21)34-28(33)18-26-20(2)30-35-29(26)25-14-12-24(13-15-25)23-10-8-22(9-11-23)17-27(31)32/h3-15,19H,16-18H2,1-2H3,(H,31,32). The van der Waals surface area contributed by atoms with Crippen LogP contribution in [0.2, 0.25) is 0 Å². The van der Waals surface area contributed by atoms with E-state index in [2.05, 4.69) is 5.16 Å². The van der Waals surface area contributed by atoms with Gasteiger partial charge in [-0.15, -0.1) is 0 Å². The summed E-state index contributed by atoms with van der Waals surface area (Å²) in [7, 11) is 0. The van der Waals surface area contributed by atoms with Crippen LogP contribution in [0, 0.1) is 6.92 Å². The Bertz CT molecular complexity index is 1290. The molecule has 1 heterocycles. The molecular formula is C29H27NO5. The van der Waals surface area contributed by atoms with Crippen LogP contribution in [-0.2, 0) is 33.6 Å². The van der Waals surface area contributed by atoms with E-state index in [0.717, 1.165) is 27.8 Å². The Hall–Kier alpha value is -4.19. The molecule has 0 aliphatic rings. The average molecular weight is 470 g/mol. The van der Waals surface area contributed by atoms with E-state index in [-0.39, 0.29) is 24.9 Å². The van der Waals surface area contributed by atoms with Crippen LogP contribution in [0.3, 0.4) is 0 Å². The molecule has 1 aromatic heterocycles. The quantitative estimate of drug-likeness (QED) is 0.318. The molecule has 0 spiro atoms. The molecule has 0 saturated carbocycles. The second-order valence-corrected chi connectivity index (χ2v) is 8.59. The number of hydrogen-bond donors (Lipinski definition) is 1. The Morgan fingerprint density at radius 2 is 1.46 bits per heavy atom. The van der Waals surface area contributed by atoms with Crippen molar-refractivity contribution in [1.29, 1.82) is 0 Å². The lowest BCUT2D eigenvalue weighted by molar-refractivity contribution is -0.147. The summed E-state index contributed by atoms with van der Waals surface area (Å²) < 4.78 is 11.2. The minimum Gasteiger partial charge on any atom is -0.481 e. The Morgan fingerprint density at radius 1 is 0.857 bits per heavy atom. The topological polar surface area (TPSA) is 89.6 Å². The van der Waals surface area contributed by atoms with E-state index < -0.39 is 5.97 Å². The fourth-order valence-electron chi connectivity index (χ4n) is 4.03. The van der Waals surface area contributed by atoms with Gasteiger partial charge in [0.25, 0.3) is 0 Å². The lowest BCUT2D eigenvalue weighted by Crippen LogP contribution is -2.19. The summed E-state index contributed by atoms with van der Waals surface area (Å²) in [6.45, 7) is 3.70. The molecule has 6 nitrogen and oxygen atoms in total. The van der Waals surface area contributed by atoms with Gasteiger partial charge in [0.15, 0.2) is 5.76 Å². The predicted molar refractivity (Wildman–Crippen MR) is 133 cm³/mol. The Kier molecular flexibility index (Phi) is 7.41. The molecule has 4 aromatic rings. The number of aromatic nitrogens is 1. The monoisotopic (exact) mass is 469 g/mol. The molecule has 6 heteroatoms. The first-order valence-corrected chi connectivity index (χ1v) is 11.5. The number of esters is 1. The van der Waals surface area contributed by atoms with Crippen LogP contribution in [0.4, 0.5) is 0 Å². The highest BCUT2D eigenvalue weighted by molar-refractivity contribution is 5.77. The van der Waals surface area contributed by atoms with Crippen molar-refractivity contribution >= 4 is 11.9 Å². The minimum absolute atomic E-state index is 0.000305. The molecule has 3 aromatic carbocycles. The molecule has 0 aliphatic carbocycles. The maximum atomic E-state index is 12.7. The molecule has 0 fully saturated rings. The van der Waals surface area contributed by atoms with E-state index in [1.54, 1.807) is 0 Å². The van der Waals surface area contributed by atoms with Gasteiger partial charge in [0, 0.05) is 17.5 Å². The van der Waals surface area contributed by atoms with Crippen molar-refractivity contribution in [2.24, 2.45) is 0 Å². The van der Waals surface area contributed by atoms with E-state index in [4.69, 9.17) is 14.4 Å². The minimum atomic E-state index is -0.852. The maximum absolute atomic E-state index is 12.7. The maximum Gasteiger partial charge on any atom is 0.310 e. The van der Waals surface area contributed by atoms with Crippen molar-refractivity contribution in [3.05, 3.63) is 101 Å². The van der Waals surface area contributed by atoms with E-state index in [1.165, 1.54) is 0 Å². The number of nitrogens with zero attached hydrogens (tertiary/aromatic N) is 1. The highest BCUT2D eigenvalue weighted by Gasteiger charge is 2.20. The number of carbonyl (C=O) groups is 2. The molecule has 0 bridgehead atoms. The second kappa shape index (κ2) is 10.8. The summed E-state index contributed by atoms with van der Waals surface area (Å²) in [6, 6.07) is 25.1. The molecule has 0 radical (unpaired) electrons. The molecule has 1 N–H and O–H groups in total. The number of hydrogen-bond acceptors (Lipinski definition) is 5. The zero-order valence-corrected chi connectivity index (χ0v) is 19.7. The van der Waals surface area contributed by atoms with Crippen LogP contribution < -0.4 is 0 Å². The summed E-state index contributed by atoms with van der Waals surface area (Å²) in [4.78, 5) is 23.5. The average Bonchev–Trinajstić information content (AvgIpc) is 3.19. The third-order valence-corrected chi connectivity index (χ3v) is 5.79. The summed E-state index contributed by atoms with van der Waals surface area (Å²) in [5.74, 6) is -0.618. The van der Waals surface area contributed by atoms with Gasteiger partial charge in [-0.25, -0.2) is 0 Å². The lowest BCUT2D eigenvalue weighted by Gasteiger charge is -2.13. The van der Waals surface area contributed by atoms with Gasteiger partial charge in [-0.05, 0) is 36.1 Å². The number of carbonyl (C=O) groups excluding carboxylic acids is 1. The van der Waals surface area contributed by atoms with E-state index in [1.807, 2.05) is 92.7 Å². The molecule has 0 saturated heterocycles. The first kappa shape index (κ1) is 24.0. The summed E-state index contributed by atoms with van der Waals surface area (Å²) in [5, 5.41) is 13.0. The van der Waals surface area contributed by atoms with Crippen molar-refractivity contribution in [2.45, 2.75) is 39.2 Å². The van der Waals surface area contributed by atoms with Crippen molar-refractivity contribution in [1.82, 2.24) is 5.16 Å². The molecule has 1 unspecified atom stereocenters.